The summed E-state index contributed by atoms with van der Waals surface area (Å²) in [6.07, 6.45) is 0. The number of hydrogen-bond acceptors (Lipinski definition) is 4. The Morgan fingerprint density at radius 2 is 1.00 bits per heavy atom. The molecule has 0 amide bonds. The first kappa shape index (κ1) is 16.6. The van der Waals surface area contributed by atoms with Crippen LogP contribution in [0.15, 0.2) is 46.2 Å². The molecule has 19 heavy (non-hydrogen) atoms. The van der Waals surface area contributed by atoms with Crippen LogP contribution in [0.4, 0.5) is 0 Å². The van der Waals surface area contributed by atoms with Gasteiger partial charge in [0, 0.05) is 0 Å². The van der Waals surface area contributed by atoms with Crippen molar-refractivity contribution in [1.29, 1.82) is 0 Å². The molecule has 0 radical (unpaired) electrons. The fourth-order valence-electron chi connectivity index (χ4n) is 1.52. The Kier molecular flexibility index (Phi) is 4.79. The zero-order valence-corrected chi connectivity index (χ0v) is 10.4. The van der Waals surface area contributed by atoms with Gasteiger partial charge in [-0.05, 0) is 35.0 Å². The number of benzene rings is 2. The molecule has 9 heteroatoms. The molecule has 2 N–H and O–H groups in total. The van der Waals surface area contributed by atoms with Crippen molar-refractivity contribution < 1.29 is 25.9 Å². The second-order valence-corrected chi connectivity index (χ2v) is 6.46. The van der Waals surface area contributed by atoms with Crippen molar-refractivity contribution in [2.24, 2.45) is 0 Å². The molecule has 0 heterocycles. The van der Waals surface area contributed by atoms with Crippen LogP contribution in [0.25, 0.3) is 10.8 Å². The summed E-state index contributed by atoms with van der Waals surface area (Å²) in [6.45, 7) is 0. The molecule has 0 unspecified atom stereocenters. The van der Waals surface area contributed by atoms with Gasteiger partial charge in [0.1, 0.15) is 0 Å². The van der Waals surface area contributed by atoms with Crippen LogP contribution in [0.1, 0.15) is 0 Å². The van der Waals surface area contributed by atoms with Gasteiger partial charge in [-0.2, -0.15) is 16.8 Å². The van der Waals surface area contributed by atoms with Crippen LogP contribution in [-0.2, 0) is 20.2 Å². The Bertz CT molecular complexity index is 755. The fraction of sp³-hybridized carbons (Fsp3) is 0. The topological polar surface area (TPSA) is 109 Å². The molecule has 0 aromatic heterocycles. The SMILES string of the molecule is O=S(=O)(O)c1ccc2cc(S(=O)(=O)O)ccc2c1.[NaH]. The first-order valence-corrected chi connectivity index (χ1v) is 7.55. The van der Waals surface area contributed by atoms with Gasteiger partial charge in [-0.25, -0.2) is 0 Å². The first-order valence-electron chi connectivity index (χ1n) is 4.67. The molecule has 98 valence electrons. The van der Waals surface area contributed by atoms with Crippen molar-refractivity contribution in [1.82, 2.24) is 0 Å². The maximum atomic E-state index is 10.9. The zero-order chi connectivity index (χ0) is 13.6. The molecule has 0 bridgehead atoms. The quantitative estimate of drug-likeness (QED) is 0.623. The van der Waals surface area contributed by atoms with Gasteiger partial charge in [0.05, 0.1) is 9.79 Å². The average Bonchev–Trinajstić information content (AvgIpc) is 2.25. The minimum absolute atomic E-state index is 0. The molecule has 0 fully saturated rings. The van der Waals surface area contributed by atoms with Crippen LogP contribution < -0.4 is 0 Å². The summed E-state index contributed by atoms with van der Waals surface area (Å²) < 4.78 is 61.4. The van der Waals surface area contributed by atoms with E-state index in [4.69, 9.17) is 9.11 Å². The van der Waals surface area contributed by atoms with Crippen molar-refractivity contribution in [3.05, 3.63) is 36.4 Å². The summed E-state index contributed by atoms with van der Waals surface area (Å²) in [5.74, 6) is 0. The summed E-state index contributed by atoms with van der Waals surface area (Å²) >= 11 is 0. The van der Waals surface area contributed by atoms with Crippen molar-refractivity contribution in [3.63, 3.8) is 0 Å². The Balaban J connectivity index is 0.00000180. The Hall–Kier alpha value is -0.480. The molecule has 0 atom stereocenters. The Morgan fingerprint density at radius 1 is 0.684 bits per heavy atom. The van der Waals surface area contributed by atoms with E-state index in [9.17, 15) is 16.8 Å². The van der Waals surface area contributed by atoms with E-state index < -0.39 is 20.2 Å². The molecule has 2 rings (SSSR count). The molecule has 0 saturated heterocycles. The molecular formula is C10H9NaO6S2. The number of rotatable bonds is 2. The number of fused-ring (bicyclic) bond motifs is 1. The molecule has 6 nitrogen and oxygen atoms in total. The molecule has 0 aliphatic carbocycles. The van der Waals surface area contributed by atoms with Gasteiger partial charge in [-0.15, -0.1) is 0 Å². The van der Waals surface area contributed by atoms with E-state index in [0.717, 1.165) is 12.1 Å². The average molecular weight is 312 g/mol. The van der Waals surface area contributed by atoms with E-state index in [0.29, 0.717) is 10.8 Å². The van der Waals surface area contributed by atoms with Gasteiger partial charge < -0.3 is 0 Å². The van der Waals surface area contributed by atoms with Gasteiger partial charge in [0.2, 0.25) is 0 Å². The summed E-state index contributed by atoms with van der Waals surface area (Å²) in [6, 6.07) is 7.38. The second kappa shape index (κ2) is 5.49. The van der Waals surface area contributed by atoms with Crippen LogP contribution >= 0.6 is 0 Å². The zero-order valence-electron chi connectivity index (χ0n) is 8.81. The van der Waals surface area contributed by atoms with Crippen molar-refractivity contribution in [3.8, 4) is 0 Å². The Labute approximate surface area is 132 Å². The summed E-state index contributed by atoms with van der Waals surface area (Å²) in [4.78, 5) is -0.566. The van der Waals surface area contributed by atoms with Gasteiger partial charge in [-0.1, -0.05) is 12.1 Å². The first-order chi connectivity index (χ1) is 8.18. The van der Waals surface area contributed by atoms with Gasteiger partial charge in [0.15, 0.2) is 0 Å². The standard InChI is InChI=1S/C10H8O6S2.Na.H/c11-17(12,13)9-3-1-7-5-10(18(14,15)16)4-2-8(7)6-9;;/h1-6H,(H,11,12,13)(H,14,15,16);;. The monoisotopic (exact) mass is 312 g/mol. The Morgan fingerprint density at radius 3 is 1.26 bits per heavy atom. The predicted octanol–water partition coefficient (Wildman–Crippen LogP) is 0.685. The summed E-state index contributed by atoms with van der Waals surface area (Å²) in [5.41, 5.74) is 0. The maximum absolute atomic E-state index is 10.9. The third-order valence-corrected chi connectivity index (χ3v) is 4.08. The minimum atomic E-state index is -4.30. The third kappa shape index (κ3) is 3.76. The molecule has 0 aliphatic heterocycles. The van der Waals surface area contributed by atoms with Crippen LogP contribution in [0.5, 0.6) is 0 Å². The van der Waals surface area contributed by atoms with Crippen LogP contribution in [0.3, 0.4) is 0 Å². The van der Waals surface area contributed by atoms with Gasteiger partial charge in [0.25, 0.3) is 20.2 Å². The predicted molar refractivity (Wildman–Crippen MR) is 70.7 cm³/mol. The molecule has 0 saturated carbocycles. The van der Waals surface area contributed by atoms with Crippen LogP contribution in [-0.4, -0.2) is 55.5 Å². The normalized spacial score (nSPS) is 12.1. The van der Waals surface area contributed by atoms with Crippen LogP contribution in [0, 0.1) is 0 Å². The second-order valence-electron chi connectivity index (χ2n) is 3.62. The molecule has 2 aromatic rings. The molecule has 0 spiro atoms. The molecular weight excluding hydrogens is 303 g/mol. The third-order valence-electron chi connectivity index (χ3n) is 2.38. The van der Waals surface area contributed by atoms with Crippen molar-refractivity contribution in [2.75, 3.05) is 0 Å². The van der Waals surface area contributed by atoms with E-state index in [-0.39, 0.29) is 39.3 Å². The van der Waals surface area contributed by atoms with Gasteiger partial charge >= 0.3 is 29.6 Å². The molecule has 0 aliphatic rings. The van der Waals surface area contributed by atoms with Gasteiger partial charge in [-0.3, -0.25) is 9.11 Å². The van der Waals surface area contributed by atoms with Crippen LogP contribution in [0.2, 0.25) is 0 Å². The number of hydrogen-bond donors (Lipinski definition) is 2. The summed E-state index contributed by atoms with van der Waals surface area (Å²) in [5, 5.41) is 0.857. The van der Waals surface area contributed by atoms with Crippen molar-refractivity contribution >= 4 is 60.6 Å². The van der Waals surface area contributed by atoms with E-state index >= 15 is 0 Å². The summed E-state index contributed by atoms with van der Waals surface area (Å²) in [7, 11) is -8.60. The van der Waals surface area contributed by atoms with Crippen molar-refractivity contribution in [2.45, 2.75) is 9.79 Å². The van der Waals surface area contributed by atoms with E-state index in [1.807, 2.05) is 0 Å². The fourth-order valence-corrected chi connectivity index (χ4v) is 2.55. The van der Waals surface area contributed by atoms with E-state index in [2.05, 4.69) is 0 Å². The van der Waals surface area contributed by atoms with E-state index in [1.165, 1.54) is 24.3 Å². The molecule has 2 aromatic carbocycles. The van der Waals surface area contributed by atoms with E-state index in [1.54, 1.807) is 0 Å².